The summed E-state index contributed by atoms with van der Waals surface area (Å²) in [6.07, 6.45) is 0.859. The van der Waals surface area contributed by atoms with Crippen LogP contribution in [0, 0.1) is 0 Å². The van der Waals surface area contributed by atoms with Crippen LogP contribution in [0.3, 0.4) is 0 Å². The summed E-state index contributed by atoms with van der Waals surface area (Å²) in [7, 11) is 3.34. The van der Waals surface area contributed by atoms with Crippen LogP contribution in [0.4, 0.5) is 11.5 Å². The van der Waals surface area contributed by atoms with Crippen molar-refractivity contribution in [3.05, 3.63) is 53.6 Å². The number of hydrogen-bond acceptors (Lipinski definition) is 4. The third kappa shape index (κ3) is 2.30. The first kappa shape index (κ1) is 13.7. The molecule has 1 aromatic heterocycles. The van der Waals surface area contributed by atoms with Crippen molar-refractivity contribution in [3.63, 3.8) is 0 Å². The van der Waals surface area contributed by atoms with E-state index in [4.69, 9.17) is 9.47 Å². The van der Waals surface area contributed by atoms with Gasteiger partial charge in [0.1, 0.15) is 11.5 Å². The van der Waals surface area contributed by atoms with Gasteiger partial charge < -0.3 is 14.8 Å². The number of rotatable bonds is 4. The summed E-state index contributed by atoms with van der Waals surface area (Å²) in [6.45, 7) is 0. The van der Waals surface area contributed by atoms with Crippen LogP contribution in [0.2, 0.25) is 0 Å². The lowest BCUT2D eigenvalue weighted by Crippen LogP contribution is -1.95. The quantitative estimate of drug-likeness (QED) is 0.603. The van der Waals surface area contributed by atoms with Gasteiger partial charge in [-0.2, -0.15) is 5.10 Å². The van der Waals surface area contributed by atoms with Crippen LogP contribution in [0.25, 0.3) is 11.3 Å². The number of nitrogens with zero attached hydrogens (tertiary/aromatic N) is 1. The van der Waals surface area contributed by atoms with E-state index in [-0.39, 0.29) is 0 Å². The van der Waals surface area contributed by atoms with Gasteiger partial charge in [-0.1, -0.05) is 12.1 Å². The second-order valence-corrected chi connectivity index (χ2v) is 5.48. The summed E-state index contributed by atoms with van der Waals surface area (Å²) < 4.78 is 10.6. The zero-order chi connectivity index (χ0) is 15.8. The van der Waals surface area contributed by atoms with Gasteiger partial charge in [-0.05, 0) is 29.8 Å². The molecule has 4 rings (SSSR count). The van der Waals surface area contributed by atoms with E-state index in [1.165, 1.54) is 11.1 Å². The minimum absolute atomic E-state index is 0.815. The highest BCUT2D eigenvalue weighted by molar-refractivity contribution is 5.80. The fraction of sp³-hybridized carbons (Fsp3) is 0.167. The van der Waals surface area contributed by atoms with Gasteiger partial charge in [0.25, 0.3) is 0 Å². The van der Waals surface area contributed by atoms with Gasteiger partial charge in [-0.15, -0.1) is 0 Å². The third-order valence-electron chi connectivity index (χ3n) is 4.15. The van der Waals surface area contributed by atoms with Crippen LogP contribution < -0.4 is 14.8 Å². The zero-order valence-electron chi connectivity index (χ0n) is 13.0. The summed E-state index contributed by atoms with van der Waals surface area (Å²) in [6, 6.07) is 14.0. The summed E-state index contributed by atoms with van der Waals surface area (Å²) >= 11 is 0. The first-order chi connectivity index (χ1) is 11.3. The Morgan fingerprint density at radius 3 is 2.70 bits per heavy atom. The zero-order valence-corrected chi connectivity index (χ0v) is 13.0. The SMILES string of the molecule is COc1cccc(Nc2n[nH]c3c2Cc2ccc(OC)cc2-3)c1. The highest BCUT2D eigenvalue weighted by Crippen LogP contribution is 2.41. The number of aromatic amines is 1. The van der Waals surface area contributed by atoms with Gasteiger partial charge in [0.15, 0.2) is 5.82 Å². The van der Waals surface area contributed by atoms with Crippen molar-refractivity contribution in [1.82, 2.24) is 10.2 Å². The summed E-state index contributed by atoms with van der Waals surface area (Å²) in [5.41, 5.74) is 5.63. The molecule has 1 heterocycles. The molecule has 5 heteroatoms. The topological polar surface area (TPSA) is 59.2 Å². The number of aromatic nitrogens is 2. The van der Waals surface area contributed by atoms with Crippen molar-refractivity contribution in [2.45, 2.75) is 6.42 Å². The number of ether oxygens (including phenoxy) is 2. The Kier molecular flexibility index (Phi) is 3.19. The molecule has 0 amide bonds. The Morgan fingerprint density at radius 2 is 1.87 bits per heavy atom. The van der Waals surface area contributed by atoms with Crippen molar-refractivity contribution in [2.75, 3.05) is 19.5 Å². The maximum atomic E-state index is 5.32. The number of anilines is 2. The molecule has 2 N–H and O–H groups in total. The summed E-state index contributed by atoms with van der Waals surface area (Å²) in [4.78, 5) is 0. The molecular weight excluding hydrogens is 290 g/mol. The number of benzene rings is 2. The standard InChI is InChI=1S/C18H17N3O2/c1-22-13-5-3-4-12(9-13)19-18-16-8-11-6-7-14(23-2)10-15(11)17(16)20-21-18/h3-7,9-10H,8H2,1-2H3,(H2,19,20,21). The molecule has 1 aliphatic rings. The fourth-order valence-electron chi connectivity index (χ4n) is 2.96. The summed E-state index contributed by atoms with van der Waals surface area (Å²) in [5, 5.41) is 10.9. The molecule has 0 saturated heterocycles. The predicted molar refractivity (Wildman–Crippen MR) is 89.7 cm³/mol. The van der Waals surface area contributed by atoms with Gasteiger partial charge in [-0.25, -0.2) is 0 Å². The molecule has 0 saturated carbocycles. The molecule has 0 spiro atoms. The molecule has 0 atom stereocenters. The van der Waals surface area contributed by atoms with E-state index in [0.717, 1.165) is 40.7 Å². The van der Waals surface area contributed by atoms with Crippen molar-refractivity contribution in [2.24, 2.45) is 0 Å². The maximum Gasteiger partial charge on any atom is 0.156 e. The van der Waals surface area contributed by atoms with E-state index >= 15 is 0 Å². The Hall–Kier alpha value is -2.95. The molecule has 0 aliphatic heterocycles. The second kappa shape index (κ2) is 5.35. The Morgan fingerprint density at radius 1 is 1.04 bits per heavy atom. The molecule has 5 nitrogen and oxygen atoms in total. The molecule has 116 valence electrons. The van der Waals surface area contributed by atoms with Gasteiger partial charge in [0, 0.05) is 29.3 Å². The monoisotopic (exact) mass is 307 g/mol. The second-order valence-electron chi connectivity index (χ2n) is 5.48. The first-order valence-corrected chi connectivity index (χ1v) is 7.44. The average Bonchev–Trinajstić information content (AvgIpc) is 3.14. The largest absolute Gasteiger partial charge is 0.497 e. The number of fused-ring (bicyclic) bond motifs is 3. The van der Waals surface area contributed by atoms with E-state index in [1.54, 1.807) is 14.2 Å². The minimum Gasteiger partial charge on any atom is -0.497 e. The van der Waals surface area contributed by atoms with Crippen molar-refractivity contribution in [1.29, 1.82) is 0 Å². The molecule has 2 aromatic carbocycles. The smallest absolute Gasteiger partial charge is 0.156 e. The Labute approximate surface area is 134 Å². The van der Waals surface area contributed by atoms with Crippen LogP contribution in [0.1, 0.15) is 11.1 Å². The maximum absolute atomic E-state index is 5.32. The van der Waals surface area contributed by atoms with Crippen LogP contribution in [-0.4, -0.2) is 24.4 Å². The average molecular weight is 307 g/mol. The molecule has 0 fully saturated rings. The van der Waals surface area contributed by atoms with Crippen molar-refractivity contribution in [3.8, 4) is 22.8 Å². The summed E-state index contributed by atoms with van der Waals surface area (Å²) in [5.74, 6) is 2.52. The Bertz CT molecular complexity index is 870. The highest BCUT2D eigenvalue weighted by atomic mass is 16.5. The van der Waals surface area contributed by atoms with E-state index in [9.17, 15) is 0 Å². The van der Waals surface area contributed by atoms with Crippen LogP contribution in [0.15, 0.2) is 42.5 Å². The van der Waals surface area contributed by atoms with Gasteiger partial charge in [-0.3, -0.25) is 5.10 Å². The molecular formula is C18H17N3O2. The van der Waals surface area contributed by atoms with Crippen molar-refractivity contribution >= 4 is 11.5 Å². The number of H-pyrrole nitrogens is 1. The van der Waals surface area contributed by atoms with Gasteiger partial charge in [0.2, 0.25) is 0 Å². The number of nitrogens with one attached hydrogen (secondary N) is 2. The van der Waals surface area contributed by atoms with Crippen LogP contribution >= 0.6 is 0 Å². The minimum atomic E-state index is 0.815. The van der Waals surface area contributed by atoms with Gasteiger partial charge in [0.05, 0.1) is 19.9 Å². The predicted octanol–water partition coefficient (Wildman–Crippen LogP) is 3.74. The molecule has 23 heavy (non-hydrogen) atoms. The van der Waals surface area contributed by atoms with Crippen LogP contribution in [-0.2, 0) is 6.42 Å². The van der Waals surface area contributed by atoms with E-state index < -0.39 is 0 Å². The van der Waals surface area contributed by atoms with E-state index in [1.807, 2.05) is 30.3 Å². The fourth-order valence-corrected chi connectivity index (χ4v) is 2.96. The van der Waals surface area contributed by atoms with Crippen LogP contribution in [0.5, 0.6) is 11.5 Å². The number of methoxy groups -OCH3 is 2. The molecule has 1 aliphatic carbocycles. The molecule has 0 bridgehead atoms. The van der Waals surface area contributed by atoms with E-state index in [0.29, 0.717) is 0 Å². The normalized spacial score (nSPS) is 11.7. The third-order valence-corrected chi connectivity index (χ3v) is 4.15. The lowest BCUT2D eigenvalue weighted by Gasteiger charge is -2.07. The number of hydrogen-bond donors (Lipinski definition) is 2. The lowest BCUT2D eigenvalue weighted by molar-refractivity contribution is 0.415. The van der Waals surface area contributed by atoms with Gasteiger partial charge >= 0.3 is 0 Å². The van der Waals surface area contributed by atoms with Crippen molar-refractivity contribution < 1.29 is 9.47 Å². The highest BCUT2D eigenvalue weighted by Gasteiger charge is 2.25. The van der Waals surface area contributed by atoms with E-state index in [2.05, 4.69) is 27.6 Å². The molecule has 0 radical (unpaired) electrons. The first-order valence-electron chi connectivity index (χ1n) is 7.44. The molecule has 0 unspecified atom stereocenters. The molecule has 3 aromatic rings. The lowest BCUT2D eigenvalue weighted by atomic mass is 10.1. The Balaban J connectivity index is 1.67.